The normalized spacial score (nSPS) is 11.7. The lowest BCUT2D eigenvalue weighted by Gasteiger charge is -2.16. The van der Waals surface area contributed by atoms with Gasteiger partial charge in [0.2, 0.25) is 0 Å². The summed E-state index contributed by atoms with van der Waals surface area (Å²) in [6.45, 7) is 4.66. The van der Waals surface area contributed by atoms with Crippen molar-refractivity contribution in [2.24, 2.45) is 11.8 Å². The fraction of sp³-hybridized carbons (Fsp3) is 0.364. The van der Waals surface area contributed by atoms with Gasteiger partial charge >= 0.3 is 11.9 Å². The highest BCUT2D eigenvalue weighted by atomic mass is 16.4. The van der Waals surface area contributed by atoms with Gasteiger partial charge in [-0.1, -0.05) is 50.2 Å². The van der Waals surface area contributed by atoms with Crippen molar-refractivity contribution in [2.75, 3.05) is 13.2 Å². The summed E-state index contributed by atoms with van der Waals surface area (Å²) in [5.74, 6) is -0.866. The van der Waals surface area contributed by atoms with Gasteiger partial charge in [-0.2, -0.15) is 0 Å². The molecule has 6 heteroatoms. The number of benzene rings is 2. The van der Waals surface area contributed by atoms with Crippen molar-refractivity contribution >= 4 is 11.9 Å². The summed E-state index contributed by atoms with van der Waals surface area (Å²) in [6, 6.07) is 16.6. The third-order valence-electron chi connectivity index (χ3n) is 4.12. The van der Waals surface area contributed by atoms with E-state index in [1.807, 2.05) is 6.92 Å². The van der Waals surface area contributed by atoms with Crippen LogP contribution in [0.25, 0.3) is 0 Å². The Morgan fingerprint density at radius 3 is 1.39 bits per heavy atom. The topological polar surface area (TPSA) is 115 Å². The van der Waals surface area contributed by atoms with Crippen LogP contribution < -0.4 is 0 Å². The van der Waals surface area contributed by atoms with Crippen molar-refractivity contribution in [3.05, 3.63) is 71.8 Å². The average molecular weight is 390 g/mol. The zero-order chi connectivity index (χ0) is 21.4. The Bertz CT molecular complexity index is 608. The standard InChI is InChI=1S/C8H18O2.2C7H6O2/c1-7(4-3-5-9)8(2)6-10;2*8-7(9)6-4-2-1-3-5-6/h7-10H,3-6H2,1-2H3;2*1-5H,(H,8,9). The largest absolute Gasteiger partial charge is 0.478 e. The Hall–Kier alpha value is -2.70. The number of hydrogen-bond acceptors (Lipinski definition) is 4. The van der Waals surface area contributed by atoms with Crippen LogP contribution in [0.1, 0.15) is 47.4 Å². The third-order valence-corrected chi connectivity index (χ3v) is 4.12. The van der Waals surface area contributed by atoms with Gasteiger partial charge in [0.25, 0.3) is 0 Å². The first kappa shape index (κ1) is 25.3. The van der Waals surface area contributed by atoms with Crippen LogP contribution in [0.15, 0.2) is 60.7 Å². The van der Waals surface area contributed by atoms with E-state index in [4.69, 9.17) is 20.4 Å². The number of carbonyl (C=O) groups is 2. The van der Waals surface area contributed by atoms with Crippen LogP contribution in [-0.4, -0.2) is 45.6 Å². The summed E-state index contributed by atoms with van der Waals surface area (Å²) >= 11 is 0. The Labute approximate surface area is 166 Å². The van der Waals surface area contributed by atoms with Crippen molar-refractivity contribution in [1.29, 1.82) is 0 Å². The van der Waals surface area contributed by atoms with Gasteiger partial charge < -0.3 is 20.4 Å². The minimum absolute atomic E-state index is 0.257. The van der Waals surface area contributed by atoms with Gasteiger partial charge in [-0.25, -0.2) is 9.59 Å². The molecule has 0 aromatic heterocycles. The summed E-state index contributed by atoms with van der Waals surface area (Å²) in [7, 11) is 0. The number of carboxylic acid groups (broad SMARTS) is 2. The van der Waals surface area contributed by atoms with Crippen LogP contribution in [0.3, 0.4) is 0 Å². The van der Waals surface area contributed by atoms with Gasteiger partial charge in [0.1, 0.15) is 0 Å². The fourth-order valence-corrected chi connectivity index (χ4v) is 2.04. The van der Waals surface area contributed by atoms with Crippen LogP contribution >= 0.6 is 0 Å². The van der Waals surface area contributed by atoms with Crippen LogP contribution in [0.5, 0.6) is 0 Å². The maximum Gasteiger partial charge on any atom is 0.335 e. The maximum absolute atomic E-state index is 10.2. The molecule has 0 amide bonds. The highest BCUT2D eigenvalue weighted by Crippen LogP contribution is 2.15. The Kier molecular flexibility index (Phi) is 13.9. The summed E-state index contributed by atoms with van der Waals surface area (Å²) in [5, 5.41) is 34.0. The molecule has 0 heterocycles. The quantitative estimate of drug-likeness (QED) is 0.572. The van der Waals surface area contributed by atoms with E-state index >= 15 is 0 Å². The second-order valence-corrected chi connectivity index (χ2v) is 6.35. The maximum atomic E-state index is 10.2. The number of aliphatic hydroxyl groups excluding tert-OH is 2. The SMILES string of the molecule is CC(CO)C(C)CCCO.O=C(O)c1ccccc1.O=C(O)c1ccccc1. The molecule has 154 valence electrons. The summed E-state index contributed by atoms with van der Waals surface area (Å²) < 4.78 is 0. The molecule has 0 spiro atoms. The molecule has 2 rings (SSSR count). The van der Waals surface area contributed by atoms with E-state index in [1.165, 1.54) is 0 Å². The van der Waals surface area contributed by atoms with Gasteiger partial charge in [-0.05, 0) is 48.9 Å². The van der Waals surface area contributed by atoms with Crippen LogP contribution in [0.2, 0.25) is 0 Å². The number of carboxylic acids is 2. The van der Waals surface area contributed by atoms with Gasteiger partial charge in [-0.15, -0.1) is 0 Å². The highest BCUT2D eigenvalue weighted by molar-refractivity contribution is 5.87. The molecule has 2 atom stereocenters. The number of aliphatic hydroxyl groups is 2. The minimum Gasteiger partial charge on any atom is -0.478 e. The van der Waals surface area contributed by atoms with Crippen molar-refractivity contribution in [2.45, 2.75) is 26.7 Å². The number of rotatable bonds is 7. The molecule has 0 aliphatic carbocycles. The summed E-state index contributed by atoms with van der Waals surface area (Å²) in [4.78, 5) is 20.4. The van der Waals surface area contributed by atoms with Crippen molar-refractivity contribution in [1.82, 2.24) is 0 Å². The molecule has 4 N–H and O–H groups in total. The lowest BCUT2D eigenvalue weighted by Crippen LogP contribution is -2.12. The first-order chi connectivity index (χ1) is 13.3. The van der Waals surface area contributed by atoms with E-state index in [0.29, 0.717) is 23.0 Å². The van der Waals surface area contributed by atoms with E-state index in [0.717, 1.165) is 12.8 Å². The van der Waals surface area contributed by atoms with Crippen molar-refractivity contribution in [3.8, 4) is 0 Å². The Balaban J connectivity index is 0.000000391. The Morgan fingerprint density at radius 2 is 1.14 bits per heavy atom. The summed E-state index contributed by atoms with van der Waals surface area (Å²) in [6.07, 6.45) is 1.86. The van der Waals surface area contributed by atoms with Crippen LogP contribution in [0, 0.1) is 11.8 Å². The highest BCUT2D eigenvalue weighted by Gasteiger charge is 2.09. The number of aromatic carboxylic acids is 2. The molecule has 0 saturated carbocycles. The molecule has 2 aromatic carbocycles. The van der Waals surface area contributed by atoms with Gasteiger partial charge in [-0.3, -0.25) is 0 Å². The second-order valence-electron chi connectivity index (χ2n) is 6.35. The predicted octanol–water partition coefficient (Wildman–Crippen LogP) is 3.79. The van der Waals surface area contributed by atoms with E-state index in [1.54, 1.807) is 60.7 Å². The van der Waals surface area contributed by atoms with Gasteiger partial charge in [0.05, 0.1) is 11.1 Å². The lowest BCUT2D eigenvalue weighted by molar-refractivity contribution is 0.0686. The number of hydrogen-bond donors (Lipinski definition) is 4. The lowest BCUT2D eigenvalue weighted by atomic mass is 9.92. The molecule has 0 fully saturated rings. The zero-order valence-corrected chi connectivity index (χ0v) is 16.4. The molecule has 28 heavy (non-hydrogen) atoms. The van der Waals surface area contributed by atoms with Gasteiger partial charge in [0.15, 0.2) is 0 Å². The monoisotopic (exact) mass is 390 g/mol. The van der Waals surface area contributed by atoms with E-state index < -0.39 is 11.9 Å². The summed E-state index contributed by atoms with van der Waals surface area (Å²) in [5.41, 5.74) is 0.662. The first-order valence-electron chi connectivity index (χ1n) is 9.11. The van der Waals surface area contributed by atoms with Crippen LogP contribution in [0.4, 0.5) is 0 Å². The minimum atomic E-state index is -0.879. The predicted molar refractivity (Wildman–Crippen MR) is 109 cm³/mol. The van der Waals surface area contributed by atoms with Gasteiger partial charge in [0, 0.05) is 13.2 Å². The van der Waals surface area contributed by atoms with Crippen molar-refractivity contribution in [3.63, 3.8) is 0 Å². The molecule has 2 unspecified atom stereocenters. The van der Waals surface area contributed by atoms with E-state index in [9.17, 15) is 9.59 Å². The first-order valence-corrected chi connectivity index (χ1v) is 9.11. The van der Waals surface area contributed by atoms with Crippen molar-refractivity contribution < 1.29 is 30.0 Å². The van der Waals surface area contributed by atoms with Crippen LogP contribution in [-0.2, 0) is 0 Å². The second kappa shape index (κ2) is 15.4. The molecule has 0 radical (unpaired) electrons. The zero-order valence-electron chi connectivity index (χ0n) is 16.4. The Morgan fingerprint density at radius 1 is 0.750 bits per heavy atom. The smallest absolute Gasteiger partial charge is 0.335 e. The molecular weight excluding hydrogens is 360 g/mol. The molecule has 2 aromatic rings. The third kappa shape index (κ3) is 11.8. The van der Waals surface area contributed by atoms with E-state index in [-0.39, 0.29) is 13.2 Å². The molecular formula is C22H30O6. The van der Waals surface area contributed by atoms with E-state index in [2.05, 4.69) is 6.92 Å². The molecule has 0 aliphatic heterocycles. The molecule has 0 aliphatic rings. The molecule has 0 bridgehead atoms. The average Bonchev–Trinajstić information content (AvgIpc) is 2.73. The molecule has 6 nitrogen and oxygen atoms in total. The molecule has 0 saturated heterocycles. The fourth-order valence-electron chi connectivity index (χ4n) is 2.04.